The molecule has 0 aromatic carbocycles. The van der Waals surface area contributed by atoms with E-state index in [0.29, 0.717) is 11.4 Å². The molecule has 0 saturated carbocycles. The van der Waals surface area contributed by atoms with E-state index in [1.807, 2.05) is 0 Å². The number of nitrogens with two attached hydrogens (primary N) is 1. The molecule has 1 aromatic rings. The molecule has 0 amide bonds. The fourth-order valence-corrected chi connectivity index (χ4v) is 0.880. The van der Waals surface area contributed by atoms with E-state index in [2.05, 4.69) is 10.2 Å². The molecule has 1 aromatic heterocycles. The molecule has 5 heteroatoms. The van der Waals surface area contributed by atoms with Gasteiger partial charge >= 0.3 is 5.97 Å². The van der Waals surface area contributed by atoms with Crippen LogP contribution in [0.1, 0.15) is 29.9 Å². The van der Waals surface area contributed by atoms with E-state index < -0.39 is 5.97 Å². The summed E-state index contributed by atoms with van der Waals surface area (Å²) in [6, 6.07) is 0. The maximum atomic E-state index is 11.3. The van der Waals surface area contributed by atoms with Crippen molar-refractivity contribution >= 4 is 11.8 Å². The van der Waals surface area contributed by atoms with E-state index in [-0.39, 0.29) is 11.8 Å². The number of aromatic amines is 1. The maximum Gasteiger partial charge on any atom is 0.359 e. The van der Waals surface area contributed by atoms with Gasteiger partial charge in [0.15, 0.2) is 5.69 Å². The Balaban J connectivity index is 2.83. The third-order valence-electron chi connectivity index (χ3n) is 1.58. The van der Waals surface area contributed by atoms with Crippen molar-refractivity contribution in [2.24, 2.45) is 0 Å². The number of rotatable bonds is 2. The van der Waals surface area contributed by atoms with Gasteiger partial charge in [-0.3, -0.25) is 5.10 Å². The van der Waals surface area contributed by atoms with E-state index >= 15 is 0 Å². The second-order valence-electron chi connectivity index (χ2n) is 3.06. The van der Waals surface area contributed by atoms with E-state index in [4.69, 9.17) is 10.5 Å². The molecular weight excluding hydrogens is 170 g/mol. The van der Waals surface area contributed by atoms with E-state index in [9.17, 15) is 4.79 Å². The monoisotopic (exact) mass is 183 g/mol. The summed E-state index contributed by atoms with van der Waals surface area (Å²) < 4.78 is 4.95. The van der Waals surface area contributed by atoms with Crippen molar-refractivity contribution < 1.29 is 9.53 Å². The number of esters is 1. The lowest BCUT2D eigenvalue weighted by atomic mass is 10.2. The molecule has 13 heavy (non-hydrogen) atoms. The molecule has 5 nitrogen and oxygen atoms in total. The molecule has 0 atom stereocenters. The van der Waals surface area contributed by atoms with Crippen molar-refractivity contribution in [3.8, 4) is 0 Å². The predicted octanol–water partition coefficient (Wildman–Crippen LogP) is 0.866. The number of anilines is 1. The fraction of sp³-hybridized carbons (Fsp3) is 0.500. The number of H-pyrrole nitrogens is 1. The standard InChI is InChI=1S/C8H13N3O2/c1-4(2)13-8(12)6-5(3)7(9)11-10-6/h4H,1-3H3,(H3,9,10,11). The molecule has 0 aliphatic rings. The Kier molecular flexibility index (Phi) is 2.55. The second-order valence-corrected chi connectivity index (χ2v) is 3.06. The Morgan fingerprint density at radius 3 is 2.62 bits per heavy atom. The molecule has 0 radical (unpaired) electrons. The molecule has 0 bridgehead atoms. The third kappa shape index (κ3) is 1.99. The summed E-state index contributed by atoms with van der Waals surface area (Å²) in [6.07, 6.45) is -0.148. The van der Waals surface area contributed by atoms with Crippen LogP contribution in [0.2, 0.25) is 0 Å². The third-order valence-corrected chi connectivity index (χ3v) is 1.58. The van der Waals surface area contributed by atoms with Crippen LogP contribution in [0.3, 0.4) is 0 Å². The van der Waals surface area contributed by atoms with Crippen LogP contribution >= 0.6 is 0 Å². The van der Waals surface area contributed by atoms with Crippen LogP contribution in [0.4, 0.5) is 5.82 Å². The summed E-state index contributed by atoms with van der Waals surface area (Å²) in [6.45, 7) is 5.28. The highest BCUT2D eigenvalue weighted by Crippen LogP contribution is 2.12. The lowest BCUT2D eigenvalue weighted by Gasteiger charge is -2.05. The number of carbonyl (C=O) groups is 1. The summed E-state index contributed by atoms with van der Waals surface area (Å²) in [5.74, 6) is -0.0452. The van der Waals surface area contributed by atoms with Crippen molar-refractivity contribution in [2.75, 3.05) is 5.73 Å². The number of ether oxygens (including phenoxy) is 1. The SMILES string of the molecule is Cc1c(C(=O)OC(C)C)n[nH]c1N. The first-order valence-corrected chi connectivity index (χ1v) is 4.03. The summed E-state index contributed by atoms with van der Waals surface area (Å²) in [5.41, 5.74) is 6.37. The molecular formula is C8H13N3O2. The van der Waals surface area contributed by atoms with Gasteiger partial charge in [0.25, 0.3) is 0 Å². The fourth-order valence-electron chi connectivity index (χ4n) is 0.880. The Morgan fingerprint density at radius 1 is 1.62 bits per heavy atom. The molecule has 72 valence electrons. The quantitative estimate of drug-likeness (QED) is 0.666. The van der Waals surface area contributed by atoms with Gasteiger partial charge in [-0.15, -0.1) is 0 Å². The van der Waals surface area contributed by atoms with Crippen molar-refractivity contribution in [3.05, 3.63) is 11.3 Å². The minimum Gasteiger partial charge on any atom is -0.458 e. The number of nitrogens with zero attached hydrogens (tertiary/aromatic N) is 1. The minimum atomic E-state index is -0.444. The van der Waals surface area contributed by atoms with Crippen LogP contribution < -0.4 is 5.73 Å². The maximum absolute atomic E-state index is 11.3. The van der Waals surface area contributed by atoms with Gasteiger partial charge in [-0.2, -0.15) is 5.10 Å². The normalized spacial score (nSPS) is 10.5. The van der Waals surface area contributed by atoms with Crippen LogP contribution in [-0.2, 0) is 4.74 Å². The highest BCUT2D eigenvalue weighted by molar-refractivity contribution is 5.90. The van der Waals surface area contributed by atoms with Crippen LogP contribution in [0.5, 0.6) is 0 Å². The molecule has 1 heterocycles. The zero-order valence-corrected chi connectivity index (χ0v) is 7.92. The van der Waals surface area contributed by atoms with Gasteiger partial charge < -0.3 is 10.5 Å². The van der Waals surface area contributed by atoms with Crippen LogP contribution in [-0.4, -0.2) is 22.3 Å². The Bertz CT molecular complexity index is 317. The first-order chi connectivity index (χ1) is 6.02. The van der Waals surface area contributed by atoms with Crippen LogP contribution in [0, 0.1) is 6.92 Å². The zero-order chi connectivity index (χ0) is 10.0. The average molecular weight is 183 g/mol. The number of nitrogens with one attached hydrogen (secondary N) is 1. The van der Waals surface area contributed by atoms with E-state index in [0.717, 1.165) is 0 Å². The Morgan fingerprint density at radius 2 is 2.23 bits per heavy atom. The van der Waals surface area contributed by atoms with Gasteiger partial charge in [0, 0.05) is 5.56 Å². The number of aromatic nitrogens is 2. The molecule has 0 saturated heterocycles. The zero-order valence-electron chi connectivity index (χ0n) is 7.92. The van der Waals surface area contributed by atoms with Crippen molar-refractivity contribution in [3.63, 3.8) is 0 Å². The summed E-state index contributed by atoms with van der Waals surface area (Å²) in [5, 5.41) is 6.26. The van der Waals surface area contributed by atoms with Crippen molar-refractivity contribution in [1.82, 2.24) is 10.2 Å². The van der Waals surface area contributed by atoms with Crippen LogP contribution in [0.15, 0.2) is 0 Å². The highest BCUT2D eigenvalue weighted by atomic mass is 16.5. The molecule has 0 spiro atoms. The lowest BCUT2D eigenvalue weighted by Crippen LogP contribution is -2.13. The van der Waals surface area contributed by atoms with Crippen molar-refractivity contribution in [1.29, 1.82) is 0 Å². The predicted molar refractivity (Wildman–Crippen MR) is 48.3 cm³/mol. The van der Waals surface area contributed by atoms with Gasteiger partial charge in [-0.1, -0.05) is 0 Å². The first-order valence-electron chi connectivity index (χ1n) is 4.03. The summed E-state index contributed by atoms with van der Waals surface area (Å²) in [4.78, 5) is 11.3. The number of hydrogen-bond donors (Lipinski definition) is 2. The number of carbonyl (C=O) groups excluding carboxylic acids is 1. The molecule has 0 aliphatic carbocycles. The second kappa shape index (κ2) is 3.47. The molecule has 3 N–H and O–H groups in total. The topological polar surface area (TPSA) is 81.0 Å². The lowest BCUT2D eigenvalue weighted by molar-refractivity contribution is 0.0370. The Hall–Kier alpha value is -1.52. The number of nitrogen functional groups attached to an aromatic ring is 1. The van der Waals surface area contributed by atoms with Gasteiger partial charge in [-0.25, -0.2) is 4.79 Å². The number of hydrogen-bond acceptors (Lipinski definition) is 4. The smallest absolute Gasteiger partial charge is 0.359 e. The van der Waals surface area contributed by atoms with Gasteiger partial charge in [-0.05, 0) is 20.8 Å². The van der Waals surface area contributed by atoms with Crippen LogP contribution in [0.25, 0.3) is 0 Å². The van der Waals surface area contributed by atoms with E-state index in [1.54, 1.807) is 20.8 Å². The minimum absolute atomic E-state index is 0.148. The molecule has 1 rings (SSSR count). The molecule has 0 fully saturated rings. The first kappa shape index (κ1) is 9.57. The van der Waals surface area contributed by atoms with Crippen molar-refractivity contribution in [2.45, 2.75) is 26.9 Å². The average Bonchev–Trinajstić information content (AvgIpc) is 2.31. The van der Waals surface area contributed by atoms with Gasteiger partial charge in [0.2, 0.25) is 0 Å². The van der Waals surface area contributed by atoms with Gasteiger partial charge in [0.05, 0.1) is 6.10 Å². The highest BCUT2D eigenvalue weighted by Gasteiger charge is 2.16. The largest absolute Gasteiger partial charge is 0.458 e. The summed E-state index contributed by atoms with van der Waals surface area (Å²) >= 11 is 0. The molecule has 0 unspecified atom stereocenters. The Labute approximate surface area is 76.3 Å². The summed E-state index contributed by atoms with van der Waals surface area (Å²) in [7, 11) is 0. The van der Waals surface area contributed by atoms with E-state index in [1.165, 1.54) is 0 Å². The van der Waals surface area contributed by atoms with Gasteiger partial charge in [0.1, 0.15) is 5.82 Å². The molecule has 0 aliphatic heterocycles.